The molecule has 0 unspecified atom stereocenters. The lowest BCUT2D eigenvalue weighted by Gasteiger charge is -2.14. The Hall–Kier alpha value is -2.96. The first-order valence-electron chi connectivity index (χ1n) is 9.33. The SMILES string of the molecule is CCNC(=NCc1cc(OC)c(OC)c(OC)c1)NCCc1ccc(C)nc1. The number of aromatic nitrogens is 1. The predicted octanol–water partition coefficient (Wildman–Crippen LogP) is 2.71. The quantitative estimate of drug-likeness (QED) is 0.510. The van der Waals surface area contributed by atoms with Gasteiger partial charge < -0.3 is 24.8 Å². The fourth-order valence-corrected chi connectivity index (χ4v) is 2.71. The van der Waals surface area contributed by atoms with Gasteiger partial charge in [0.15, 0.2) is 17.5 Å². The molecule has 2 N–H and O–H groups in total. The van der Waals surface area contributed by atoms with Gasteiger partial charge in [-0.3, -0.25) is 4.98 Å². The minimum absolute atomic E-state index is 0.484. The number of ether oxygens (including phenoxy) is 3. The van der Waals surface area contributed by atoms with Crippen molar-refractivity contribution >= 4 is 5.96 Å². The van der Waals surface area contributed by atoms with Crippen molar-refractivity contribution in [1.82, 2.24) is 15.6 Å². The van der Waals surface area contributed by atoms with Gasteiger partial charge in [-0.05, 0) is 49.6 Å². The summed E-state index contributed by atoms with van der Waals surface area (Å²) in [5.74, 6) is 2.58. The zero-order valence-electron chi connectivity index (χ0n) is 17.3. The molecular formula is C21H30N4O3. The molecular weight excluding hydrogens is 356 g/mol. The molecule has 0 amide bonds. The van der Waals surface area contributed by atoms with Crippen LogP contribution in [-0.2, 0) is 13.0 Å². The summed E-state index contributed by atoms with van der Waals surface area (Å²) in [5, 5.41) is 6.62. The van der Waals surface area contributed by atoms with Crippen molar-refractivity contribution in [2.75, 3.05) is 34.4 Å². The van der Waals surface area contributed by atoms with E-state index in [1.807, 2.05) is 38.2 Å². The maximum Gasteiger partial charge on any atom is 0.203 e. The van der Waals surface area contributed by atoms with Crippen LogP contribution in [0.15, 0.2) is 35.5 Å². The third kappa shape index (κ3) is 6.04. The number of pyridine rings is 1. The van der Waals surface area contributed by atoms with E-state index in [9.17, 15) is 0 Å². The molecule has 7 nitrogen and oxygen atoms in total. The Labute approximate surface area is 167 Å². The Morgan fingerprint density at radius 1 is 1.00 bits per heavy atom. The first-order chi connectivity index (χ1) is 13.6. The predicted molar refractivity (Wildman–Crippen MR) is 112 cm³/mol. The zero-order chi connectivity index (χ0) is 20.4. The lowest BCUT2D eigenvalue weighted by Crippen LogP contribution is -2.38. The average molecular weight is 386 g/mol. The number of benzene rings is 1. The van der Waals surface area contributed by atoms with Crippen LogP contribution in [0, 0.1) is 6.92 Å². The highest BCUT2D eigenvalue weighted by Gasteiger charge is 2.13. The van der Waals surface area contributed by atoms with Crippen molar-refractivity contribution in [3.8, 4) is 17.2 Å². The number of methoxy groups -OCH3 is 3. The minimum Gasteiger partial charge on any atom is -0.493 e. The standard InChI is InChI=1S/C21H30N4O3/c1-6-22-21(23-10-9-16-8-7-15(2)24-13-16)25-14-17-11-18(26-3)20(28-5)19(12-17)27-4/h7-8,11-13H,6,9-10,14H2,1-5H3,(H2,22,23,25). The van der Waals surface area contributed by atoms with Crippen molar-refractivity contribution in [3.05, 3.63) is 47.3 Å². The summed E-state index contributed by atoms with van der Waals surface area (Å²) in [4.78, 5) is 8.99. The molecule has 0 fully saturated rings. The molecule has 2 aromatic rings. The van der Waals surface area contributed by atoms with Gasteiger partial charge in [0, 0.05) is 25.0 Å². The van der Waals surface area contributed by atoms with Crippen LogP contribution in [0.3, 0.4) is 0 Å². The van der Waals surface area contributed by atoms with Crippen molar-refractivity contribution in [1.29, 1.82) is 0 Å². The minimum atomic E-state index is 0.484. The van der Waals surface area contributed by atoms with Crippen LogP contribution in [0.2, 0.25) is 0 Å². The molecule has 0 saturated heterocycles. The molecule has 0 radical (unpaired) electrons. The van der Waals surface area contributed by atoms with Gasteiger partial charge in [0.1, 0.15) is 0 Å². The lowest BCUT2D eigenvalue weighted by molar-refractivity contribution is 0.324. The van der Waals surface area contributed by atoms with Crippen LogP contribution in [0.5, 0.6) is 17.2 Å². The van der Waals surface area contributed by atoms with E-state index in [0.717, 1.165) is 36.7 Å². The lowest BCUT2D eigenvalue weighted by atomic mass is 10.2. The average Bonchev–Trinajstić information content (AvgIpc) is 2.72. The molecule has 152 valence electrons. The van der Waals surface area contributed by atoms with Gasteiger partial charge in [0.05, 0.1) is 27.9 Å². The molecule has 28 heavy (non-hydrogen) atoms. The smallest absolute Gasteiger partial charge is 0.203 e. The Morgan fingerprint density at radius 2 is 1.71 bits per heavy atom. The van der Waals surface area contributed by atoms with Crippen LogP contribution in [0.4, 0.5) is 0 Å². The topological polar surface area (TPSA) is 77.0 Å². The largest absolute Gasteiger partial charge is 0.493 e. The molecule has 0 bridgehead atoms. The molecule has 0 saturated carbocycles. The summed E-state index contributed by atoms with van der Waals surface area (Å²) < 4.78 is 16.2. The second kappa shape index (κ2) is 11.0. The summed E-state index contributed by atoms with van der Waals surface area (Å²) in [6, 6.07) is 7.95. The summed E-state index contributed by atoms with van der Waals surface area (Å²) >= 11 is 0. The van der Waals surface area contributed by atoms with E-state index in [2.05, 4.69) is 26.7 Å². The second-order valence-electron chi connectivity index (χ2n) is 6.21. The molecule has 0 aliphatic rings. The van der Waals surface area contributed by atoms with E-state index >= 15 is 0 Å². The third-order valence-corrected chi connectivity index (χ3v) is 4.17. The van der Waals surface area contributed by atoms with E-state index in [1.54, 1.807) is 21.3 Å². The Kier molecular flexibility index (Phi) is 8.39. The highest BCUT2D eigenvalue weighted by atomic mass is 16.5. The van der Waals surface area contributed by atoms with Crippen LogP contribution in [0.1, 0.15) is 23.7 Å². The normalized spacial score (nSPS) is 11.1. The van der Waals surface area contributed by atoms with Crippen LogP contribution in [0.25, 0.3) is 0 Å². The Balaban J connectivity index is 2.04. The fourth-order valence-electron chi connectivity index (χ4n) is 2.71. The molecule has 7 heteroatoms. The van der Waals surface area contributed by atoms with E-state index < -0.39 is 0 Å². The maximum atomic E-state index is 5.41. The second-order valence-corrected chi connectivity index (χ2v) is 6.21. The molecule has 0 aliphatic heterocycles. The number of hydrogen-bond acceptors (Lipinski definition) is 5. The summed E-state index contributed by atoms with van der Waals surface area (Å²) in [7, 11) is 4.81. The Morgan fingerprint density at radius 3 is 2.25 bits per heavy atom. The van der Waals surface area contributed by atoms with Gasteiger partial charge in [-0.2, -0.15) is 0 Å². The number of aryl methyl sites for hydroxylation is 1. The van der Waals surface area contributed by atoms with E-state index in [4.69, 9.17) is 14.2 Å². The molecule has 1 aromatic carbocycles. The molecule has 0 aliphatic carbocycles. The van der Waals surface area contributed by atoms with Crippen molar-refractivity contribution in [2.45, 2.75) is 26.8 Å². The van der Waals surface area contributed by atoms with E-state index in [1.165, 1.54) is 5.56 Å². The van der Waals surface area contributed by atoms with Gasteiger partial charge in [-0.15, -0.1) is 0 Å². The number of nitrogens with zero attached hydrogens (tertiary/aromatic N) is 2. The summed E-state index contributed by atoms with van der Waals surface area (Å²) in [6.45, 7) is 6.07. The van der Waals surface area contributed by atoms with Crippen LogP contribution >= 0.6 is 0 Å². The molecule has 1 heterocycles. The molecule has 1 aromatic heterocycles. The van der Waals surface area contributed by atoms with E-state index in [-0.39, 0.29) is 0 Å². The maximum absolute atomic E-state index is 5.41. The zero-order valence-corrected chi connectivity index (χ0v) is 17.3. The van der Waals surface area contributed by atoms with Crippen LogP contribution < -0.4 is 24.8 Å². The number of aliphatic imine (C=N–C) groups is 1. The van der Waals surface area contributed by atoms with Crippen LogP contribution in [-0.4, -0.2) is 45.4 Å². The highest BCUT2D eigenvalue weighted by Crippen LogP contribution is 2.38. The van der Waals surface area contributed by atoms with E-state index in [0.29, 0.717) is 23.8 Å². The summed E-state index contributed by atoms with van der Waals surface area (Å²) in [5.41, 5.74) is 3.19. The van der Waals surface area contributed by atoms with Crippen molar-refractivity contribution < 1.29 is 14.2 Å². The van der Waals surface area contributed by atoms with Gasteiger partial charge in [-0.1, -0.05) is 6.07 Å². The number of hydrogen-bond donors (Lipinski definition) is 2. The Bertz CT molecular complexity index is 751. The highest BCUT2D eigenvalue weighted by molar-refractivity contribution is 5.79. The first-order valence-corrected chi connectivity index (χ1v) is 9.33. The number of guanidine groups is 1. The monoisotopic (exact) mass is 386 g/mol. The molecule has 0 spiro atoms. The fraction of sp³-hybridized carbons (Fsp3) is 0.429. The van der Waals surface area contributed by atoms with Crippen molar-refractivity contribution in [3.63, 3.8) is 0 Å². The van der Waals surface area contributed by atoms with Gasteiger partial charge >= 0.3 is 0 Å². The third-order valence-electron chi connectivity index (χ3n) is 4.17. The van der Waals surface area contributed by atoms with Gasteiger partial charge in [0.25, 0.3) is 0 Å². The molecule has 0 atom stereocenters. The van der Waals surface area contributed by atoms with Gasteiger partial charge in [-0.25, -0.2) is 4.99 Å². The molecule has 2 rings (SSSR count). The van der Waals surface area contributed by atoms with Crippen molar-refractivity contribution in [2.24, 2.45) is 4.99 Å². The first kappa shape index (κ1) is 21.3. The number of nitrogens with one attached hydrogen (secondary N) is 2. The summed E-state index contributed by atoms with van der Waals surface area (Å²) in [6.07, 6.45) is 2.79. The van der Waals surface area contributed by atoms with Gasteiger partial charge in [0.2, 0.25) is 5.75 Å². The number of rotatable bonds is 9.